The topological polar surface area (TPSA) is 84.0 Å². The Labute approximate surface area is 236 Å². The predicted octanol–water partition coefficient (Wildman–Crippen LogP) is 6.22. The molecule has 0 unspecified atom stereocenters. The number of hydrogen-bond acceptors (Lipinski definition) is 6. The van der Waals surface area contributed by atoms with Crippen molar-refractivity contribution >= 4 is 57.1 Å². The van der Waals surface area contributed by atoms with Crippen LogP contribution in [0.5, 0.6) is 0 Å². The molecule has 5 aromatic rings. The Bertz CT molecular complexity index is 1540. The smallest absolute Gasteiger partial charge is 0.232 e. The maximum Gasteiger partial charge on any atom is 0.232 e. The zero-order valence-corrected chi connectivity index (χ0v) is 23.3. The van der Waals surface area contributed by atoms with Crippen molar-refractivity contribution in [3.63, 3.8) is 0 Å². The van der Waals surface area contributed by atoms with Crippen LogP contribution >= 0.6 is 23.5 Å². The van der Waals surface area contributed by atoms with Gasteiger partial charge in [0, 0.05) is 10.8 Å². The summed E-state index contributed by atoms with van der Waals surface area (Å²) < 4.78 is 0. The third-order valence-corrected chi connectivity index (χ3v) is 8.07. The molecule has 2 amide bonds. The Morgan fingerprint density at radius 3 is 1.59 bits per heavy atom. The molecule has 0 aliphatic rings. The zero-order chi connectivity index (χ0) is 27.2. The van der Waals surface area contributed by atoms with Crippen LogP contribution in [0.25, 0.3) is 21.8 Å². The molecule has 0 spiro atoms. The summed E-state index contributed by atoms with van der Waals surface area (Å²) in [5.41, 5.74) is 4.85. The van der Waals surface area contributed by atoms with Gasteiger partial charge in [-0.2, -0.15) is 0 Å². The van der Waals surface area contributed by atoms with Gasteiger partial charge in [0.25, 0.3) is 0 Å². The first-order chi connectivity index (χ1) is 19.0. The molecule has 0 fully saturated rings. The monoisotopic (exact) mass is 552 g/mol. The summed E-state index contributed by atoms with van der Waals surface area (Å²) in [4.78, 5) is 35.2. The summed E-state index contributed by atoms with van der Waals surface area (Å²) >= 11 is 2.75. The molecule has 39 heavy (non-hydrogen) atoms. The van der Waals surface area contributed by atoms with E-state index in [-0.39, 0.29) is 23.3 Å². The van der Waals surface area contributed by atoms with Gasteiger partial charge < -0.3 is 10.6 Å². The van der Waals surface area contributed by atoms with Crippen LogP contribution in [0.2, 0.25) is 0 Å². The van der Waals surface area contributed by atoms with Gasteiger partial charge in [0.1, 0.15) is 6.17 Å². The third kappa shape index (κ3) is 6.77. The van der Waals surface area contributed by atoms with Crippen LogP contribution < -0.4 is 10.6 Å². The van der Waals surface area contributed by atoms with Gasteiger partial charge >= 0.3 is 0 Å². The van der Waals surface area contributed by atoms with E-state index in [4.69, 9.17) is 0 Å². The van der Waals surface area contributed by atoms with E-state index >= 15 is 0 Å². The molecule has 3 aromatic carbocycles. The van der Waals surface area contributed by atoms with E-state index in [2.05, 4.69) is 20.6 Å². The number of fused-ring (bicyclic) bond motifs is 2. The SMILES string of the molecule is Cc1cc(SCC(=O)NC(NC(=O)CSc2cc(C)c3ccccc3n2)c2ccccc2)nc2ccccc12. The first kappa shape index (κ1) is 26.7. The molecule has 6 nitrogen and oxygen atoms in total. The molecular weight excluding hydrogens is 525 g/mol. The molecule has 0 saturated carbocycles. The number of amides is 2. The van der Waals surface area contributed by atoms with E-state index in [1.54, 1.807) is 0 Å². The molecule has 2 N–H and O–H groups in total. The number of thioether (sulfide) groups is 2. The van der Waals surface area contributed by atoms with Crippen molar-refractivity contribution in [3.05, 3.63) is 108 Å². The molecule has 2 heterocycles. The maximum absolute atomic E-state index is 12.9. The standard InChI is InChI=1S/C31H28N4O2S2/c1-20-16-29(32-25-14-8-6-12-23(20)25)38-18-27(36)34-31(22-10-4-3-5-11-22)35-28(37)19-39-30-17-21(2)24-13-7-9-15-26(24)33-30/h3-17,31H,18-19H2,1-2H3,(H,34,36)(H,35,37). The summed E-state index contributed by atoms with van der Waals surface area (Å²) in [6.07, 6.45) is -0.648. The number of para-hydroxylation sites is 2. The Balaban J connectivity index is 1.22. The number of nitrogens with zero attached hydrogens (tertiary/aromatic N) is 2. The summed E-state index contributed by atoms with van der Waals surface area (Å²) in [5, 5.41) is 9.73. The fourth-order valence-electron chi connectivity index (χ4n) is 4.32. The average Bonchev–Trinajstić information content (AvgIpc) is 2.95. The van der Waals surface area contributed by atoms with Crippen molar-refractivity contribution in [2.45, 2.75) is 30.1 Å². The van der Waals surface area contributed by atoms with E-state index < -0.39 is 6.17 Å². The number of aromatic nitrogens is 2. The highest BCUT2D eigenvalue weighted by molar-refractivity contribution is 8.00. The van der Waals surface area contributed by atoms with Crippen LogP contribution in [0.4, 0.5) is 0 Å². The first-order valence-corrected chi connectivity index (χ1v) is 14.6. The molecular formula is C31H28N4O2S2. The Kier molecular flexibility index (Phi) is 8.44. The molecule has 0 atom stereocenters. The van der Waals surface area contributed by atoms with Crippen molar-refractivity contribution in [2.24, 2.45) is 0 Å². The zero-order valence-electron chi connectivity index (χ0n) is 21.7. The minimum absolute atomic E-state index is 0.180. The van der Waals surface area contributed by atoms with Crippen LogP contribution in [0.3, 0.4) is 0 Å². The van der Waals surface area contributed by atoms with E-state index in [1.165, 1.54) is 23.5 Å². The van der Waals surface area contributed by atoms with Crippen molar-refractivity contribution in [1.82, 2.24) is 20.6 Å². The Morgan fingerprint density at radius 2 is 1.10 bits per heavy atom. The maximum atomic E-state index is 12.9. The third-order valence-electron chi connectivity index (χ3n) is 6.24. The second kappa shape index (κ2) is 12.3. The molecule has 2 aromatic heterocycles. The largest absolute Gasteiger partial charge is 0.331 e. The van der Waals surface area contributed by atoms with Gasteiger partial charge in [-0.15, -0.1) is 0 Å². The van der Waals surface area contributed by atoms with Crippen LogP contribution in [-0.4, -0.2) is 33.3 Å². The molecule has 5 rings (SSSR count). The van der Waals surface area contributed by atoms with E-state index in [0.29, 0.717) is 0 Å². The van der Waals surface area contributed by atoms with Crippen molar-refractivity contribution in [1.29, 1.82) is 0 Å². The quantitative estimate of drug-likeness (QED) is 0.167. The minimum Gasteiger partial charge on any atom is -0.331 e. The molecule has 0 saturated heterocycles. The number of nitrogens with one attached hydrogen (secondary N) is 2. The van der Waals surface area contributed by atoms with E-state index in [1.807, 2.05) is 105 Å². The molecule has 8 heteroatoms. The van der Waals surface area contributed by atoms with Crippen molar-refractivity contribution < 1.29 is 9.59 Å². The second-order valence-corrected chi connectivity index (χ2v) is 11.1. The number of benzene rings is 3. The highest BCUT2D eigenvalue weighted by Crippen LogP contribution is 2.25. The highest BCUT2D eigenvalue weighted by atomic mass is 32.2. The lowest BCUT2D eigenvalue weighted by Crippen LogP contribution is -2.42. The van der Waals surface area contributed by atoms with Gasteiger partial charge in [-0.3, -0.25) is 9.59 Å². The fourth-order valence-corrected chi connectivity index (χ4v) is 5.89. The van der Waals surface area contributed by atoms with Gasteiger partial charge in [0.15, 0.2) is 0 Å². The van der Waals surface area contributed by atoms with E-state index in [9.17, 15) is 9.59 Å². The van der Waals surface area contributed by atoms with Gasteiger partial charge in [-0.1, -0.05) is 90.3 Å². The van der Waals surface area contributed by atoms with Crippen molar-refractivity contribution in [2.75, 3.05) is 11.5 Å². The summed E-state index contributed by atoms with van der Waals surface area (Å²) in [6.45, 7) is 4.09. The normalized spacial score (nSPS) is 11.2. The summed E-state index contributed by atoms with van der Waals surface area (Å²) in [7, 11) is 0. The fraction of sp³-hybridized carbons (Fsp3) is 0.161. The van der Waals surface area contributed by atoms with Crippen LogP contribution in [-0.2, 0) is 9.59 Å². The Morgan fingerprint density at radius 1 is 0.667 bits per heavy atom. The number of aryl methyl sites for hydroxylation is 2. The second-order valence-electron chi connectivity index (χ2n) is 9.15. The van der Waals surface area contributed by atoms with Crippen molar-refractivity contribution in [3.8, 4) is 0 Å². The molecule has 0 aliphatic heterocycles. The summed E-state index contributed by atoms with van der Waals surface area (Å²) in [5.74, 6) is -0.0274. The summed E-state index contributed by atoms with van der Waals surface area (Å²) in [6, 6.07) is 29.4. The number of rotatable bonds is 9. The van der Waals surface area contributed by atoms with Crippen LogP contribution in [0, 0.1) is 13.8 Å². The number of hydrogen-bond donors (Lipinski definition) is 2. The lowest BCUT2D eigenvalue weighted by molar-refractivity contribution is -0.121. The lowest BCUT2D eigenvalue weighted by Gasteiger charge is -2.21. The number of carbonyl (C=O) groups excluding carboxylic acids is 2. The van der Waals surface area contributed by atoms with Crippen LogP contribution in [0.15, 0.2) is 101 Å². The van der Waals surface area contributed by atoms with Gasteiger partial charge in [-0.25, -0.2) is 9.97 Å². The lowest BCUT2D eigenvalue weighted by atomic mass is 10.1. The minimum atomic E-state index is -0.648. The van der Waals surface area contributed by atoms with E-state index in [0.717, 1.165) is 48.5 Å². The predicted molar refractivity (Wildman–Crippen MR) is 160 cm³/mol. The molecule has 196 valence electrons. The number of pyridine rings is 2. The first-order valence-electron chi connectivity index (χ1n) is 12.6. The molecule has 0 radical (unpaired) electrons. The highest BCUT2D eigenvalue weighted by Gasteiger charge is 2.18. The molecule has 0 bridgehead atoms. The van der Waals surface area contributed by atoms with Gasteiger partial charge in [-0.05, 0) is 54.8 Å². The number of carbonyl (C=O) groups is 2. The molecule has 0 aliphatic carbocycles. The van der Waals surface area contributed by atoms with Crippen LogP contribution in [0.1, 0.15) is 22.9 Å². The Hall–Kier alpha value is -3.88. The average molecular weight is 553 g/mol. The van der Waals surface area contributed by atoms with Gasteiger partial charge in [0.05, 0.1) is 32.6 Å². The van der Waals surface area contributed by atoms with Gasteiger partial charge in [0.2, 0.25) is 11.8 Å².